The molecule has 5 rings (SSSR count). The van der Waals surface area contributed by atoms with Crippen molar-refractivity contribution in [2.75, 3.05) is 16.3 Å². The third-order valence-electron chi connectivity index (χ3n) is 5.72. The summed E-state index contributed by atoms with van der Waals surface area (Å²) in [5.41, 5.74) is 3.34. The van der Waals surface area contributed by atoms with Gasteiger partial charge in [-0.25, -0.2) is 4.98 Å². The van der Waals surface area contributed by atoms with Crippen LogP contribution in [0.25, 0.3) is 10.2 Å². The average Bonchev–Trinajstić information content (AvgIpc) is 3.42. The standard InChI is InChI=1S/C25H21ClN4O2S/c1-16-11-18(26)13-21-23(16)28-25(33-21)30(15-19-7-5-6-10-27-19)24(32)17-12-22(31)29(14-17)20-8-3-2-4-9-20/h2-11,13,17H,12,14-15H2,1H3. The molecule has 1 fully saturated rings. The Morgan fingerprint density at radius 3 is 2.73 bits per heavy atom. The predicted octanol–water partition coefficient (Wildman–Crippen LogP) is 5.24. The van der Waals surface area contributed by atoms with Gasteiger partial charge in [0.15, 0.2) is 5.13 Å². The number of fused-ring (bicyclic) bond motifs is 1. The number of halogens is 1. The molecule has 8 heteroatoms. The van der Waals surface area contributed by atoms with Crippen molar-refractivity contribution >= 4 is 55.8 Å². The maximum Gasteiger partial charge on any atom is 0.234 e. The summed E-state index contributed by atoms with van der Waals surface area (Å²) in [4.78, 5) is 39.0. The van der Waals surface area contributed by atoms with E-state index in [-0.39, 0.29) is 24.8 Å². The number of amides is 2. The van der Waals surface area contributed by atoms with Gasteiger partial charge in [0, 0.05) is 29.9 Å². The van der Waals surface area contributed by atoms with Crippen molar-refractivity contribution < 1.29 is 9.59 Å². The molecule has 6 nitrogen and oxygen atoms in total. The Hall–Kier alpha value is -3.29. The van der Waals surface area contributed by atoms with Crippen LogP contribution in [-0.2, 0) is 16.1 Å². The van der Waals surface area contributed by atoms with Crippen LogP contribution in [0.2, 0.25) is 5.02 Å². The van der Waals surface area contributed by atoms with Gasteiger partial charge in [0.2, 0.25) is 11.8 Å². The average molecular weight is 477 g/mol. The molecule has 0 N–H and O–H groups in total. The van der Waals surface area contributed by atoms with Gasteiger partial charge in [0.05, 0.1) is 28.4 Å². The lowest BCUT2D eigenvalue weighted by Gasteiger charge is -2.23. The molecular formula is C25H21ClN4O2S. The smallest absolute Gasteiger partial charge is 0.234 e. The lowest BCUT2D eigenvalue weighted by atomic mass is 10.1. The van der Waals surface area contributed by atoms with Crippen LogP contribution in [0, 0.1) is 12.8 Å². The number of nitrogens with zero attached hydrogens (tertiary/aromatic N) is 4. The van der Waals surface area contributed by atoms with E-state index in [9.17, 15) is 9.59 Å². The highest BCUT2D eigenvalue weighted by molar-refractivity contribution is 7.22. The van der Waals surface area contributed by atoms with Gasteiger partial charge in [-0.1, -0.05) is 47.2 Å². The van der Waals surface area contributed by atoms with Gasteiger partial charge in [-0.05, 0) is 48.9 Å². The van der Waals surface area contributed by atoms with E-state index in [0.717, 1.165) is 27.2 Å². The van der Waals surface area contributed by atoms with Crippen molar-refractivity contribution in [1.82, 2.24) is 9.97 Å². The number of carbonyl (C=O) groups is 2. The first-order valence-electron chi connectivity index (χ1n) is 10.6. The highest BCUT2D eigenvalue weighted by atomic mass is 35.5. The van der Waals surface area contributed by atoms with E-state index >= 15 is 0 Å². The van der Waals surface area contributed by atoms with Crippen LogP contribution in [0.15, 0.2) is 66.9 Å². The fourth-order valence-corrected chi connectivity index (χ4v) is 5.53. The van der Waals surface area contributed by atoms with Crippen LogP contribution in [0.1, 0.15) is 17.7 Å². The van der Waals surface area contributed by atoms with E-state index in [1.165, 1.54) is 11.3 Å². The number of para-hydroxylation sites is 1. The normalized spacial score (nSPS) is 15.9. The molecule has 1 unspecified atom stereocenters. The van der Waals surface area contributed by atoms with Gasteiger partial charge < -0.3 is 4.90 Å². The summed E-state index contributed by atoms with van der Waals surface area (Å²) in [7, 11) is 0. The second kappa shape index (κ2) is 8.92. The van der Waals surface area contributed by atoms with Gasteiger partial charge in [-0.15, -0.1) is 0 Å². The number of benzene rings is 2. The number of anilines is 2. The Labute approximate surface area is 200 Å². The topological polar surface area (TPSA) is 66.4 Å². The summed E-state index contributed by atoms with van der Waals surface area (Å²) in [5, 5.41) is 1.22. The summed E-state index contributed by atoms with van der Waals surface area (Å²) in [6.07, 6.45) is 1.87. The number of carbonyl (C=O) groups excluding carboxylic acids is 2. The van der Waals surface area contributed by atoms with Crippen molar-refractivity contribution in [3.8, 4) is 0 Å². The van der Waals surface area contributed by atoms with E-state index in [0.29, 0.717) is 16.7 Å². The summed E-state index contributed by atoms with van der Waals surface area (Å²) in [6.45, 7) is 2.58. The Morgan fingerprint density at radius 1 is 1.18 bits per heavy atom. The molecule has 1 aliphatic rings. The number of aryl methyl sites for hydroxylation is 1. The molecule has 2 amide bonds. The number of rotatable bonds is 5. The third kappa shape index (κ3) is 4.34. The Kier molecular flexibility index (Phi) is 5.83. The van der Waals surface area contributed by atoms with Crippen LogP contribution in [-0.4, -0.2) is 28.3 Å². The maximum absolute atomic E-state index is 13.8. The van der Waals surface area contributed by atoms with Gasteiger partial charge in [0.1, 0.15) is 0 Å². The molecule has 1 atom stereocenters. The largest absolute Gasteiger partial charge is 0.312 e. The third-order valence-corrected chi connectivity index (χ3v) is 6.97. The molecule has 2 aromatic carbocycles. The van der Waals surface area contributed by atoms with Crippen molar-refractivity contribution in [2.45, 2.75) is 19.9 Å². The SMILES string of the molecule is Cc1cc(Cl)cc2sc(N(Cc3ccccn3)C(=O)C3CC(=O)N(c4ccccc4)C3)nc12. The van der Waals surface area contributed by atoms with Crippen molar-refractivity contribution in [2.24, 2.45) is 5.92 Å². The van der Waals surface area contributed by atoms with Crippen molar-refractivity contribution in [3.05, 3.63) is 83.1 Å². The zero-order valence-corrected chi connectivity index (χ0v) is 19.5. The second-order valence-corrected chi connectivity index (χ2v) is 9.50. The fourth-order valence-electron chi connectivity index (χ4n) is 4.10. The van der Waals surface area contributed by atoms with E-state index < -0.39 is 5.92 Å². The van der Waals surface area contributed by atoms with Crippen molar-refractivity contribution in [3.63, 3.8) is 0 Å². The molecule has 0 radical (unpaired) electrons. The first-order valence-corrected chi connectivity index (χ1v) is 11.8. The molecule has 0 spiro atoms. The van der Waals surface area contributed by atoms with Crippen LogP contribution in [0.5, 0.6) is 0 Å². The quantitative estimate of drug-likeness (QED) is 0.395. The van der Waals surface area contributed by atoms with Crippen LogP contribution in [0.4, 0.5) is 10.8 Å². The minimum absolute atomic E-state index is 0.0516. The second-order valence-electron chi connectivity index (χ2n) is 8.05. The Bertz CT molecular complexity index is 1330. The summed E-state index contributed by atoms with van der Waals surface area (Å²) in [5.74, 6) is -0.641. The number of hydrogen-bond acceptors (Lipinski definition) is 5. The number of pyridine rings is 1. The van der Waals surface area contributed by atoms with Gasteiger partial charge >= 0.3 is 0 Å². The summed E-state index contributed by atoms with van der Waals surface area (Å²) >= 11 is 7.67. The van der Waals surface area contributed by atoms with Crippen LogP contribution >= 0.6 is 22.9 Å². The number of thiazole rings is 1. The molecule has 1 saturated heterocycles. The minimum atomic E-state index is -0.460. The molecule has 33 heavy (non-hydrogen) atoms. The van der Waals surface area contributed by atoms with Crippen LogP contribution in [0.3, 0.4) is 0 Å². The zero-order valence-electron chi connectivity index (χ0n) is 17.9. The molecule has 166 valence electrons. The molecular weight excluding hydrogens is 456 g/mol. The van der Waals surface area contributed by atoms with Gasteiger partial charge in [0.25, 0.3) is 0 Å². The fraction of sp³-hybridized carbons (Fsp3) is 0.200. The lowest BCUT2D eigenvalue weighted by molar-refractivity contribution is -0.124. The molecule has 4 aromatic rings. The molecule has 0 aliphatic carbocycles. The zero-order chi connectivity index (χ0) is 22.9. The van der Waals surface area contributed by atoms with Crippen molar-refractivity contribution in [1.29, 1.82) is 0 Å². The van der Waals surface area contributed by atoms with E-state index in [4.69, 9.17) is 16.6 Å². The molecule has 0 saturated carbocycles. The maximum atomic E-state index is 13.8. The number of hydrogen-bond donors (Lipinski definition) is 0. The first-order chi connectivity index (χ1) is 16.0. The van der Waals surface area contributed by atoms with Gasteiger partial charge in [-0.2, -0.15) is 0 Å². The van der Waals surface area contributed by atoms with E-state index in [1.807, 2.05) is 67.6 Å². The summed E-state index contributed by atoms with van der Waals surface area (Å²) in [6, 6.07) is 18.8. The Morgan fingerprint density at radius 2 is 1.97 bits per heavy atom. The first kappa shape index (κ1) is 21.6. The highest BCUT2D eigenvalue weighted by Gasteiger charge is 2.38. The van der Waals surface area contributed by atoms with E-state index in [2.05, 4.69) is 4.98 Å². The molecule has 3 heterocycles. The van der Waals surface area contributed by atoms with E-state index in [1.54, 1.807) is 16.0 Å². The highest BCUT2D eigenvalue weighted by Crippen LogP contribution is 2.35. The van der Waals surface area contributed by atoms with Gasteiger partial charge in [-0.3, -0.25) is 19.5 Å². The minimum Gasteiger partial charge on any atom is -0.312 e. The molecule has 2 aromatic heterocycles. The molecule has 1 aliphatic heterocycles. The lowest BCUT2D eigenvalue weighted by Crippen LogP contribution is -2.37. The van der Waals surface area contributed by atoms with Crippen LogP contribution < -0.4 is 9.80 Å². The number of aromatic nitrogens is 2. The summed E-state index contributed by atoms with van der Waals surface area (Å²) < 4.78 is 0.919. The predicted molar refractivity (Wildman–Crippen MR) is 132 cm³/mol. The molecule has 0 bridgehead atoms. The monoisotopic (exact) mass is 476 g/mol. The Balaban J connectivity index is 1.49.